The number of benzene rings is 8. The lowest BCUT2D eigenvalue weighted by atomic mass is 9.81. The first-order chi connectivity index (χ1) is 39.1. The average Bonchev–Trinajstić information content (AvgIpc) is 1.99. The lowest BCUT2D eigenvalue weighted by Crippen LogP contribution is -2.25. The number of aromatic nitrogens is 2. The Morgan fingerprint density at radius 3 is 2.09 bits per heavy atom. The second-order valence-electron chi connectivity index (χ2n) is 20.0. The molecule has 0 unspecified atom stereocenters. The van der Waals surface area contributed by atoms with Gasteiger partial charge in [0, 0.05) is 65.3 Å². The van der Waals surface area contributed by atoms with E-state index in [2.05, 4.69) is 36.6 Å². The molecule has 6 heteroatoms. The molecular weight excluding hydrogens is 857 g/mol. The minimum absolute atomic E-state index is 0.00447. The van der Waals surface area contributed by atoms with E-state index in [1.807, 2.05) is 93.6 Å². The Morgan fingerprint density at radius 1 is 0.557 bits per heavy atom. The van der Waals surface area contributed by atoms with Crippen LogP contribution in [0.5, 0.6) is 23.0 Å². The largest absolute Gasteiger partial charge is 0.457 e. The van der Waals surface area contributed by atoms with Gasteiger partial charge >= 0.3 is 0 Å². The molecule has 4 aliphatic heterocycles. The van der Waals surface area contributed by atoms with Crippen molar-refractivity contribution in [2.24, 2.45) is 0 Å². The van der Waals surface area contributed by atoms with Crippen LogP contribution < -0.4 is 19.3 Å². The third-order valence-corrected chi connectivity index (χ3v) is 13.2. The van der Waals surface area contributed by atoms with Crippen molar-refractivity contribution in [2.45, 2.75) is 66.1 Å². The zero-order valence-corrected chi connectivity index (χ0v) is 39.6. The first-order valence-corrected chi connectivity index (χ1v) is 23.3. The van der Waals surface area contributed by atoms with Crippen LogP contribution in [0.15, 0.2) is 182 Å². The Hall–Kier alpha value is -8.09. The molecule has 10 bridgehead atoms. The zero-order chi connectivity index (χ0) is 59.1. The zero-order valence-electron chi connectivity index (χ0n) is 52.6. The van der Waals surface area contributed by atoms with Crippen LogP contribution in [0, 0.1) is 13.7 Å². The van der Waals surface area contributed by atoms with Gasteiger partial charge in [-0.1, -0.05) is 126 Å². The quantitative estimate of drug-likeness (QED) is 0.164. The summed E-state index contributed by atoms with van der Waals surface area (Å²) >= 11 is 0. The molecule has 14 rings (SSSR count). The Labute approximate surface area is 429 Å². The van der Waals surface area contributed by atoms with Gasteiger partial charge in [-0.05, 0) is 137 Å². The highest BCUT2D eigenvalue weighted by Crippen LogP contribution is 2.52. The van der Waals surface area contributed by atoms with Crippen molar-refractivity contribution in [1.82, 2.24) is 9.55 Å². The molecule has 344 valence electrons. The van der Waals surface area contributed by atoms with Crippen molar-refractivity contribution >= 4 is 44.6 Å². The molecule has 6 nitrogen and oxygen atoms in total. The smallest absolute Gasteiger partial charge is 0.137 e. The first kappa shape index (κ1) is 31.1. The molecule has 0 aliphatic carbocycles. The predicted octanol–water partition coefficient (Wildman–Crippen LogP) is 17.5. The summed E-state index contributed by atoms with van der Waals surface area (Å²) in [7, 11) is 0. The van der Waals surface area contributed by atoms with Gasteiger partial charge in [0.1, 0.15) is 35.5 Å². The molecule has 0 saturated heterocycles. The van der Waals surface area contributed by atoms with Crippen LogP contribution in [0.4, 0.5) is 22.7 Å². The SMILES string of the molecule is [2H]c1c([2H])c(-c2cc(C(C)(C)C)cc3c2N2CN(c4cccc(c4)Oc4ccc5c6c([2H])c([2H])c(C([2H])([2H])[2H])c([2H])c6n(c5c4)-c4cc(C([2H])([2H])[2H])c(cn4)-c4ccccc4Oc4ccc-3cc4)c3ccccc32)c([2H])c(C(C)(C)C)c1[2H]. The summed E-state index contributed by atoms with van der Waals surface area (Å²) in [5.74, 6) is 1.46. The molecule has 6 heterocycles. The highest BCUT2D eigenvalue weighted by Gasteiger charge is 2.33. The van der Waals surface area contributed by atoms with Gasteiger partial charge in [0.15, 0.2) is 0 Å². The second kappa shape index (κ2) is 16.3. The highest BCUT2D eigenvalue weighted by atomic mass is 16.5. The van der Waals surface area contributed by atoms with Crippen molar-refractivity contribution in [3.8, 4) is 62.2 Å². The van der Waals surface area contributed by atoms with E-state index >= 15 is 0 Å². The van der Waals surface area contributed by atoms with E-state index in [-0.39, 0.29) is 64.2 Å². The molecule has 0 saturated carbocycles. The maximum Gasteiger partial charge on any atom is 0.137 e. The van der Waals surface area contributed by atoms with Gasteiger partial charge in [-0.3, -0.25) is 4.57 Å². The maximum absolute atomic E-state index is 9.95. The highest BCUT2D eigenvalue weighted by molar-refractivity contribution is 6.10. The number of hydrogen-bond donors (Lipinski definition) is 0. The molecule has 0 fully saturated rings. The number of hydrogen-bond acceptors (Lipinski definition) is 5. The number of aryl methyl sites for hydroxylation is 1. The molecule has 70 heavy (non-hydrogen) atoms. The molecule has 10 aromatic rings. The van der Waals surface area contributed by atoms with Crippen LogP contribution >= 0.6 is 0 Å². The van der Waals surface area contributed by atoms with Crippen LogP contribution in [-0.4, -0.2) is 16.2 Å². The van der Waals surface area contributed by atoms with Crippen molar-refractivity contribution in [2.75, 3.05) is 16.5 Å². The van der Waals surface area contributed by atoms with Crippen molar-refractivity contribution < 1.29 is 27.3 Å². The lowest BCUT2D eigenvalue weighted by molar-refractivity contribution is 0.483. The van der Waals surface area contributed by atoms with Crippen LogP contribution in [0.2, 0.25) is 0 Å². The predicted molar refractivity (Wildman–Crippen MR) is 290 cm³/mol. The molecule has 2 aromatic heterocycles. The number of anilines is 4. The Balaban J connectivity index is 1.15. The third kappa shape index (κ3) is 7.46. The first-order valence-electron chi connectivity index (χ1n) is 29.8. The van der Waals surface area contributed by atoms with Gasteiger partial charge in [0.2, 0.25) is 0 Å². The molecule has 0 atom stereocenters. The van der Waals surface area contributed by atoms with E-state index in [0.717, 1.165) is 33.8 Å². The van der Waals surface area contributed by atoms with Gasteiger partial charge in [0.25, 0.3) is 0 Å². The van der Waals surface area contributed by atoms with E-state index in [9.17, 15) is 6.85 Å². The average molecular weight is 926 g/mol. The number of nitrogens with zero attached hydrogens (tertiary/aromatic N) is 4. The minimum Gasteiger partial charge on any atom is -0.457 e. The van der Waals surface area contributed by atoms with Gasteiger partial charge in [0.05, 0.1) is 37.7 Å². The summed E-state index contributed by atoms with van der Waals surface area (Å²) in [6, 6.07) is 38.3. The lowest BCUT2D eigenvalue weighted by Gasteiger charge is -2.30. The summed E-state index contributed by atoms with van der Waals surface area (Å²) in [6.45, 7) is 6.58. The summed E-state index contributed by atoms with van der Waals surface area (Å²) in [6.07, 6.45) is 1.41. The van der Waals surface area contributed by atoms with E-state index in [1.54, 1.807) is 48.5 Å². The second-order valence-corrected chi connectivity index (χ2v) is 20.0. The molecule has 0 radical (unpaired) electrons. The molecule has 8 aromatic carbocycles. The van der Waals surface area contributed by atoms with Gasteiger partial charge in [-0.2, -0.15) is 0 Å². The van der Waals surface area contributed by atoms with Crippen molar-refractivity contribution in [3.05, 3.63) is 204 Å². The maximum atomic E-state index is 9.95. The molecule has 0 spiro atoms. The van der Waals surface area contributed by atoms with Gasteiger partial charge in [-0.25, -0.2) is 4.98 Å². The Kier molecular flexibility index (Phi) is 7.23. The molecule has 4 aliphatic rings. The molecule has 0 amide bonds. The van der Waals surface area contributed by atoms with E-state index < -0.39 is 48.2 Å². The van der Waals surface area contributed by atoms with Crippen LogP contribution in [0.25, 0.3) is 61.0 Å². The Morgan fingerprint density at radius 2 is 1.30 bits per heavy atom. The van der Waals surface area contributed by atoms with Gasteiger partial charge < -0.3 is 19.3 Å². The van der Waals surface area contributed by atoms with Crippen LogP contribution in [-0.2, 0) is 10.8 Å². The van der Waals surface area contributed by atoms with Crippen LogP contribution in [0.1, 0.15) is 81.6 Å². The summed E-state index contributed by atoms with van der Waals surface area (Å²) in [5.41, 5.74) is 5.59. The van der Waals surface area contributed by atoms with Crippen molar-refractivity contribution in [3.63, 3.8) is 0 Å². The molecular formula is C64H56N4O2. The van der Waals surface area contributed by atoms with E-state index in [4.69, 9.17) is 25.4 Å². The minimum atomic E-state index is -2.95. The number of ether oxygens (including phenoxy) is 2. The molecule has 0 N–H and O–H groups in total. The fraction of sp³-hybridized carbons (Fsp3) is 0.172. The number of para-hydroxylation sites is 3. The normalized spacial score (nSPS) is 16.3. The van der Waals surface area contributed by atoms with Crippen molar-refractivity contribution in [1.29, 1.82) is 0 Å². The van der Waals surface area contributed by atoms with E-state index in [0.29, 0.717) is 56.3 Å². The van der Waals surface area contributed by atoms with Crippen LogP contribution in [0.3, 0.4) is 0 Å². The summed E-state index contributed by atoms with van der Waals surface area (Å²) in [4.78, 5) is 9.17. The monoisotopic (exact) mass is 926 g/mol. The van der Waals surface area contributed by atoms with Gasteiger partial charge in [-0.15, -0.1) is 0 Å². The standard InChI is InChI=1S/C64H56N4O2/c1-40-23-29-50-51-30-28-49-37-59(51)68(58(50)31-40)61-32-41(2)55(38-65-61)52-19-9-12-22-60(52)70-47-26-24-42(25-27-47)53-34-45(64(6,7)8)35-54(43-15-13-16-44(33-43)63(3,4)5)62(53)67-39-66(56-20-10-11-21-57(56)67)46-17-14-18-48(36-46)69-49/h9-38H,39H2,1-8H3/i1D3,2D3,13D,15D,16D,23D,29D,31D,33D. The number of fused-ring (bicyclic) bond motifs is 5. The third-order valence-electron chi connectivity index (χ3n) is 13.2. The van der Waals surface area contributed by atoms with E-state index in [1.165, 1.54) is 16.8 Å². The fourth-order valence-corrected chi connectivity index (χ4v) is 9.58. The Bertz CT molecular complexity index is 4350. The summed E-state index contributed by atoms with van der Waals surface area (Å²) in [5, 5.41) is 0.484. The topological polar surface area (TPSA) is 42.8 Å². The fourth-order valence-electron chi connectivity index (χ4n) is 9.58. The number of rotatable bonds is 1. The summed E-state index contributed by atoms with van der Waals surface area (Å²) < 4.78 is 132. The number of pyridine rings is 1.